The predicted octanol–water partition coefficient (Wildman–Crippen LogP) is 2.30. The van der Waals surface area contributed by atoms with Crippen molar-refractivity contribution in [2.75, 3.05) is 0 Å². The Kier molecular flexibility index (Phi) is 3.62. The summed E-state index contributed by atoms with van der Waals surface area (Å²) < 4.78 is 0. The van der Waals surface area contributed by atoms with Crippen LogP contribution >= 0.6 is 0 Å². The minimum Gasteiger partial charge on any atom is -0.300 e. The fraction of sp³-hybridized carbons (Fsp3) is 0.455. The highest BCUT2D eigenvalue weighted by Gasteiger charge is 2.00. The molecule has 0 aromatic carbocycles. The maximum absolute atomic E-state index is 11.0. The highest BCUT2D eigenvalue weighted by Crippen LogP contribution is 2.03. The fourth-order valence-corrected chi connectivity index (χ4v) is 1.18. The number of ketones is 1. The number of aromatic nitrogens is 1. The molecule has 0 unspecified atom stereocenters. The van der Waals surface area contributed by atoms with Gasteiger partial charge in [-0.05, 0) is 31.0 Å². The van der Waals surface area contributed by atoms with Crippen LogP contribution in [-0.4, -0.2) is 10.8 Å². The van der Waals surface area contributed by atoms with E-state index in [1.54, 1.807) is 6.20 Å². The molecule has 0 fully saturated rings. The molecule has 2 nitrogen and oxygen atoms in total. The molecule has 1 rings (SSSR count). The lowest BCUT2D eigenvalue weighted by atomic mass is 10.1. The van der Waals surface area contributed by atoms with Crippen molar-refractivity contribution >= 4 is 5.78 Å². The minimum absolute atomic E-state index is 0.309. The SMILES string of the molecule is CCC(=O)CCc1cc(C)ccn1. The van der Waals surface area contributed by atoms with E-state index < -0.39 is 0 Å². The topological polar surface area (TPSA) is 30.0 Å². The second-order valence-corrected chi connectivity index (χ2v) is 3.22. The molecule has 0 saturated heterocycles. The summed E-state index contributed by atoms with van der Waals surface area (Å²) in [4.78, 5) is 15.2. The number of aryl methyl sites for hydroxylation is 2. The van der Waals surface area contributed by atoms with E-state index in [9.17, 15) is 4.79 Å². The van der Waals surface area contributed by atoms with Crippen LogP contribution in [0.15, 0.2) is 18.3 Å². The molecule has 0 radical (unpaired) electrons. The lowest BCUT2D eigenvalue weighted by molar-refractivity contribution is -0.118. The van der Waals surface area contributed by atoms with E-state index in [-0.39, 0.29) is 0 Å². The minimum atomic E-state index is 0.309. The van der Waals surface area contributed by atoms with E-state index in [4.69, 9.17) is 0 Å². The van der Waals surface area contributed by atoms with Crippen LogP contribution < -0.4 is 0 Å². The Morgan fingerprint density at radius 1 is 1.54 bits per heavy atom. The van der Waals surface area contributed by atoms with Crippen LogP contribution in [-0.2, 0) is 11.2 Å². The molecule has 0 aliphatic heterocycles. The maximum Gasteiger partial charge on any atom is 0.133 e. The second kappa shape index (κ2) is 4.75. The van der Waals surface area contributed by atoms with Crippen molar-refractivity contribution in [3.63, 3.8) is 0 Å². The van der Waals surface area contributed by atoms with Gasteiger partial charge in [-0.1, -0.05) is 6.92 Å². The van der Waals surface area contributed by atoms with Crippen molar-refractivity contribution in [3.05, 3.63) is 29.6 Å². The molecule has 13 heavy (non-hydrogen) atoms. The summed E-state index contributed by atoms with van der Waals surface area (Å²) in [6.45, 7) is 3.93. The number of hydrogen-bond donors (Lipinski definition) is 0. The van der Waals surface area contributed by atoms with Crippen molar-refractivity contribution in [1.82, 2.24) is 4.98 Å². The van der Waals surface area contributed by atoms with Gasteiger partial charge >= 0.3 is 0 Å². The first kappa shape index (κ1) is 9.90. The third-order valence-corrected chi connectivity index (χ3v) is 2.03. The van der Waals surface area contributed by atoms with Gasteiger partial charge in [0, 0.05) is 24.7 Å². The van der Waals surface area contributed by atoms with Crippen LogP contribution in [0.4, 0.5) is 0 Å². The summed E-state index contributed by atoms with van der Waals surface area (Å²) in [5.41, 5.74) is 2.22. The first-order valence-corrected chi connectivity index (χ1v) is 4.65. The number of pyridine rings is 1. The standard InChI is InChI=1S/C11H15NO/c1-3-11(13)5-4-10-8-9(2)6-7-12-10/h6-8H,3-5H2,1-2H3. The van der Waals surface area contributed by atoms with Gasteiger partial charge in [-0.3, -0.25) is 9.78 Å². The molecule has 1 heterocycles. The smallest absolute Gasteiger partial charge is 0.133 e. The number of hydrogen-bond acceptors (Lipinski definition) is 2. The molecular weight excluding hydrogens is 162 g/mol. The lowest BCUT2D eigenvalue weighted by Crippen LogP contribution is -1.99. The van der Waals surface area contributed by atoms with Gasteiger partial charge in [0.05, 0.1) is 0 Å². The Hall–Kier alpha value is -1.18. The van der Waals surface area contributed by atoms with E-state index in [0.717, 1.165) is 12.1 Å². The van der Waals surface area contributed by atoms with Crippen LogP contribution in [0.3, 0.4) is 0 Å². The molecule has 0 aliphatic rings. The summed E-state index contributed by atoms with van der Waals surface area (Å²) in [7, 11) is 0. The van der Waals surface area contributed by atoms with Gasteiger partial charge in [-0.15, -0.1) is 0 Å². The van der Waals surface area contributed by atoms with Gasteiger partial charge in [0.15, 0.2) is 0 Å². The summed E-state index contributed by atoms with van der Waals surface area (Å²) in [5, 5.41) is 0. The van der Waals surface area contributed by atoms with Crippen LogP contribution in [0.2, 0.25) is 0 Å². The van der Waals surface area contributed by atoms with Crippen molar-refractivity contribution in [2.24, 2.45) is 0 Å². The zero-order chi connectivity index (χ0) is 9.68. The fourth-order valence-electron chi connectivity index (χ4n) is 1.18. The zero-order valence-electron chi connectivity index (χ0n) is 8.21. The molecule has 0 saturated carbocycles. The maximum atomic E-state index is 11.0. The van der Waals surface area contributed by atoms with E-state index >= 15 is 0 Å². The number of rotatable bonds is 4. The molecule has 1 aromatic heterocycles. The Morgan fingerprint density at radius 2 is 2.31 bits per heavy atom. The van der Waals surface area contributed by atoms with Crippen molar-refractivity contribution < 1.29 is 4.79 Å². The molecule has 0 atom stereocenters. The van der Waals surface area contributed by atoms with Crippen LogP contribution in [0.5, 0.6) is 0 Å². The monoisotopic (exact) mass is 177 g/mol. The number of carbonyl (C=O) groups is 1. The van der Waals surface area contributed by atoms with Gasteiger partial charge in [0.1, 0.15) is 5.78 Å². The summed E-state index contributed by atoms with van der Waals surface area (Å²) in [6, 6.07) is 3.99. The highest BCUT2D eigenvalue weighted by atomic mass is 16.1. The zero-order valence-corrected chi connectivity index (χ0v) is 8.21. The van der Waals surface area contributed by atoms with Crippen LogP contribution in [0, 0.1) is 6.92 Å². The van der Waals surface area contributed by atoms with Gasteiger partial charge < -0.3 is 0 Å². The summed E-state index contributed by atoms with van der Waals surface area (Å²) >= 11 is 0. The molecular formula is C11H15NO. The van der Waals surface area contributed by atoms with E-state index in [2.05, 4.69) is 4.98 Å². The molecule has 70 valence electrons. The van der Waals surface area contributed by atoms with Gasteiger partial charge in [0.25, 0.3) is 0 Å². The Labute approximate surface area is 79.0 Å². The summed E-state index contributed by atoms with van der Waals surface area (Å²) in [5.74, 6) is 0.309. The molecule has 0 amide bonds. The van der Waals surface area contributed by atoms with Crippen LogP contribution in [0.25, 0.3) is 0 Å². The molecule has 0 aliphatic carbocycles. The molecule has 0 bridgehead atoms. The quantitative estimate of drug-likeness (QED) is 0.706. The normalized spacial score (nSPS) is 10.0. The molecule has 2 heteroatoms. The average Bonchev–Trinajstić information content (AvgIpc) is 2.14. The van der Waals surface area contributed by atoms with Crippen molar-refractivity contribution in [1.29, 1.82) is 0 Å². The predicted molar refractivity (Wildman–Crippen MR) is 52.6 cm³/mol. The van der Waals surface area contributed by atoms with E-state index in [0.29, 0.717) is 18.6 Å². The Bertz CT molecular complexity index is 294. The Balaban J connectivity index is 2.50. The molecule has 0 spiro atoms. The largest absolute Gasteiger partial charge is 0.300 e. The van der Waals surface area contributed by atoms with Crippen molar-refractivity contribution in [3.8, 4) is 0 Å². The number of Topliss-reactive ketones (excluding diaryl/α,β-unsaturated/α-hetero) is 1. The van der Waals surface area contributed by atoms with Crippen LogP contribution in [0.1, 0.15) is 31.0 Å². The first-order chi connectivity index (χ1) is 6.22. The van der Waals surface area contributed by atoms with E-state index in [1.807, 2.05) is 26.0 Å². The summed E-state index contributed by atoms with van der Waals surface area (Å²) in [6.07, 6.45) is 3.81. The van der Waals surface area contributed by atoms with Gasteiger partial charge in [-0.2, -0.15) is 0 Å². The number of carbonyl (C=O) groups excluding carboxylic acids is 1. The third kappa shape index (κ3) is 3.36. The first-order valence-electron chi connectivity index (χ1n) is 4.65. The molecule has 0 N–H and O–H groups in total. The van der Waals surface area contributed by atoms with Gasteiger partial charge in [-0.25, -0.2) is 0 Å². The third-order valence-electron chi connectivity index (χ3n) is 2.03. The van der Waals surface area contributed by atoms with E-state index in [1.165, 1.54) is 5.56 Å². The average molecular weight is 177 g/mol. The van der Waals surface area contributed by atoms with Gasteiger partial charge in [0.2, 0.25) is 0 Å². The lowest BCUT2D eigenvalue weighted by Gasteiger charge is -1.99. The highest BCUT2D eigenvalue weighted by molar-refractivity contribution is 5.78. The second-order valence-electron chi connectivity index (χ2n) is 3.22. The molecule has 1 aromatic rings. The van der Waals surface area contributed by atoms with Crippen molar-refractivity contribution in [2.45, 2.75) is 33.1 Å². The Morgan fingerprint density at radius 3 is 2.92 bits per heavy atom. The number of nitrogens with zero attached hydrogens (tertiary/aromatic N) is 1.